The summed E-state index contributed by atoms with van der Waals surface area (Å²) in [6.07, 6.45) is 0. The molecule has 1 aromatic rings. The first-order chi connectivity index (χ1) is 5.27. The van der Waals surface area contributed by atoms with Gasteiger partial charge in [-0.2, -0.15) is 5.26 Å². The molecule has 0 aliphatic rings. The summed E-state index contributed by atoms with van der Waals surface area (Å²) in [6.45, 7) is 0. The zero-order valence-electron chi connectivity index (χ0n) is 5.64. The molecule has 3 heteroatoms. The molecular weight excluding hydrogens is 225 g/mol. The summed E-state index contributed by atoms with van der Waals surface area (Å²) in [6, 6.07) is 7.50. The molecule has 0 bridgehead atoms. The first-order valence-corrected chi connectivity index (χ1v) is 4.35. The van der Waals surface area contributed by atoms with Crippen LogP contribution in [-0.2, 0) is 5.88 Å². The lowest BCUT2D eigenvalue weighted by Gasteiger charge is -1.98. The van der Waals surface area contributed by atoms with E-state index in [0.717, 1.165) is 10.0 Å². The summed E-state index contributed by atoms with van der Waals surface area (Å²) < 4.78 is 0.951. The van der Waals surface area contributed by atoms with E-state index in [9.17, 15) is 0 Å². The molecule has 1 nitrogen and oxygen atoms in total. The van der Waals surface area contributed by atoms with Gasteiger partial charge in [-0.05, 0) is 23.8 Å². The standard InChI is InChI=1S/C8H5BrClN/c9-8-2-1-6(5-11)7(3-8)4-10/h1-3H,4H2. The van der Waals surface area contributed by atoms with Gasteiger partial charge in [0.1, 0.15) is 0 Å². The van der Waals surface area contributed by atoms with Crippen molar-refractivity contribution < 1.29 is 0 Å². The van der Waals surface area contributed by atoms with Crippen molar-refractivity contribution >= 4 is 27.5 Å². The van der Waals surface area contributed by atoms with Crippen molar-refractivity contribution in [2.24, 2.45) is 0 Å². The summed E-state index contributed by atoms with van der Waals surface area (Å²) in [5.41, 5.74) is 1.51. The molecule has 56 valence electrons. The molecule has 0 saturated carbocycles. The normalized spacial score (nSPS) is 9.18. The van der Waals surface area contributed by atoms with Gasteiger partial charge in [-0.25, -0.2) is 0 Å². The van der Waals surface area contributed by atoms with E-state index in [-0.39, 0.29) is 0 Å². The third-order valence-corrected chi connectivity index (χ3v) is 2.11. The van der Waals surface area contributed by atoms with Crippen LogP contribution in [0.2, 0.25) is 0 Å². The first kappa shape index (κ1) is 8.58. The third-order valence-electron chi connectivity index (χ3n) is 1.33. The minimum Gasteiger partial charge on any atom is -0.192 e. The Labute approximate surface area is 78.7 Å². The number of rotatable bonds is 1. The van der Waals surface area contributed by atoms with E-state index < -0.39 is 0 Å². The predicted molar refractivity (Wildman–Crippen MR) is 48.4 cm³/mol. The van der Waals surface area contributed by atoms with E-state index in [1.54, 1.807) is 6.07 Å². The van der Waals surface area contributed by atoms with Gasteiger partial charge < -0.3 is 0 Å². The number of halogens is 2. The van der Waals surface area contributed by atoms with Crippen LogP contribution in [0.5, 0.6) is 0 Å². The number of hydrogen-bond donors (Lipinski definition) is 0. The van der Waals surface area contributed by atoms with Crippen molar-refractivity contribution in [2.75, 3.05) is 0 Å². The molecular formula is C8H5BrClN. The van der Waals surface area contributed by atoms with Gasteiger partial charge in [0.2, 0.25) is 0 Å². The Morgan fingerprint density at radius 2 is 2.27 bits per heavy atom. The largest absolute Gasteiger partial charge is 0.192 e. The van der Waals surface area contributed by atoms with Gasteiger partial charge in [-0.15, -0.1) is 11.6 Å². The average molecular weight is 230 g/mol. The van der Waals surface area contributed by atoms with Gasteiger partial charge >= 0.3 is 0 Å². The van der Waals surface area contributed by atoms with Gasteiger partial charge in [0.25, 0.3) is 0 Å². The fourth-order valence-electron chi connectivity index (χ4n) is 0.782. The Hall–Kier alpha value is -0.520. The summed E-state index contributed by atoms with van der Waals surface area (Å²) in [4.78, 5) is 0. The fraction of sp³-hybridized carbons (Fsp3) is 0.125. The molecule has 0 aliphatic heterocycles. The van der Waals surface area contributed by atoms with Gasteiger partial charge in [0.15, 0.2) is 0 Å². The van der Waals surface area contributed by atoms with E-state index in [1.807, 2.05) is 12.1 Å². The lowest BCUT2D eigenvalue weighted by atomic mass is 10.1. The Balaban J connectivity index is 3.19. The molecule has 0 N–H and O–H groups in total. The molecule has 1 aromatic carbocycles. The average Bonchev–Trinajstić information content (AvgIpc) is 2.04. The molecule has 0 amide bonds. The third kappa shape index (κ3) is 1.95. The number of alkyl halides is 1. The number of nitriles is 1. The lowest BCUT2D eigenvalue weighted by Crippen LogP contribution is -1.84. The smallest absolute Gasteiger partial charge is 0.0994 e. The molecule has 0 fully saturated rings. The van der Waals surface area contributed by atoms with Gasteiger partial charge in [-0.1, -0.05) is 15.9 Å². The van der Waals surface area contributed by atoms with E-state index in [1.165, 1.54) is 0 Å². The molecule has 1 rings (SSSR count). The van der Waals surface area contributed by atoms with Crippen LogP contribution in [0.1, 0.15) is 11.1 Å². The zero-order chi connectivity index (χ0) is 8.27. The van der Waals surface area contributed by atoms with Crippen LogP contribution in [0.4, 0.5) is 0 Å². The predicted octanol–water partition coefficient (Wildman–Crippen LogP) is 3.06. The second-order valence-corrected chi connectivity index (χ2v) is 3.23. The molecule has 0 atom stereocenters. The van der Waals surface area contributed by atoms with Gasteiger partial charge in [0, 0.05) is 10.4 Å². The number of nitrogens with zero attached hydrogens (tertiary/aromatic N) is 1. The molecule has 0 unspecified atom stereocenters. The lowest BCUT2D eigenvalue weighted by molar-refractivity contribution is 1.34. The molecule has 0 spiro atoms. The van der Waals surface area contributed by atoms with Crippen molar-refractivity contribution in [2.45, 2.75) is 5.88 Å². The van der Waals surface area contributed by atoms with E-state index >= 15 is 0 Å². The molecule has 0 heterocycles. The SMILES string of the molecule is N#Cc1ccc(Br)cc1CCl. The van der Waals surface area contributed by atoms with E-state index in [4.69, 9.17) is 16.9 Å². The van der Waals surface area contributed by atoms with Crippen LogP contribution in [0.15, 0.2) is 22.7 Å². The monoisotopic (exact) mass is 229 g/mol. The second kappa shape index (κ2) is 3.75. The Morgan fingerprint density at radius 3 is 2.82 bits per heavy atom. The maximum atomic E-state index is 8.62. The quantitative estimate of drug-likeness (QED) is 0.680. The topological polar surface area (TPSA) is 23.8 Å². The zero-order valence-corrected chi connectivity index (χ0v) is 7.98. The maximum Gasteiger partial charge on any atom is 0.0994 e. The van der Waals surface area contributed by atoms with E-state index in [2.05, 4.69) is 22.0 Å². The number of hydrogen-bond acceptors (Lipinski definition) is 1. The molecule has 0 aromatic heterocycles. The summed E-state index contributed by atoms with van der Waals surface area (Å²) in [7, 11) is 0. The number of benzene rings is 1. The maximum absolute atomic E-state index is 8.62. The Morgan fingerprint density at radius 1 is 1.55 bits per heavy atom. The van der Waals surface area contributed by atoms with Crippen LogP contribution in [0.25, 0.3) is 0 Å². The second-order valence-electron chi connectivity index (χ2n) is 2.05. The van der Waals surface area contributed by atoms with Crippen LogP contribution in [0.3, 0.4) is 0 Å². The van der Waals surface area contributed by atoms with Gasteiger partial charge in [-0.3, -0.25) is 0 Å². The van der Waals surface area contributed by atoms with Crippen molar-refractivity contribution in [3.8, 4) is 6.07 Å². The highest BCUT2D eigenvalue weighted by Gasteiger charge is 1.99. The molecule has 0 radical (unpaired) electrons. The van der Waals surface area contributed by atoms with Crippen molar-refractivity contribution in [3.05, 3.63) is 33.8 Å². The van der Waals surface area contributed by atoms with Crippen molar-refractivity contribution in [3.63, 3.8) is 0 Å². The summed E-state index contributed by atoms with van der Waals surface area (Å²) in [5, 5.41) is 8.62. The highest BCUT2D eigenvalue weighted by Crippen LogP contribution is 2.17. The molecule has 0 saturated heterocycles. The van der Waals surface area contributed by atoms with Gasteiger partial charge in [0.05, 0.1) is 11.6 Å². The minimum atomic E-state index is 0.377. The minimum absolute atomic E-state index is 0.377. The summed E-state index contributed by atoms with van der Waals surface area (Å²) >= 11 is 8.91. The van der Waals surface area contributed by atoms with Crippen LogP contribution in [0, 0.1) is 11.3 Å². The highest BCUT2D eigenvalue weighted by atomic mass is 79.9. The van der Waals surface area contributed by atoms with Crippen LogP contribution in [-0.4, -0.2) is 0 Å². The van der Waals surface area contributed by atoms with Crippen molar-refractivity contribution in [1.82, 2.24) is 0 Å². The molecule has 11 heavy (non-hydrogen) atoms. The fourth-order valence-corrected chi connectivity index (χ4v) is 1.41. The van der Waals surface area contributed by atoms with Crippen LogP contribution >= 0.6 is 27.5 Å². The first-order valence-electron chi connectivity index (χ1n) is 3.02. The molecule has 0 aliphatic carbocycles. The Kier molecular flexibility index (Phi) is 2.92. The van der Waals surface area contributed by atoms with Crippen molar-refractivity contribution in [1.29, 1.82) is 5.26 Å². The Bertz CT molecular complexity index is 303. The highest BCUT2D eigenvalue weighted by molar-refractivity contribution is 9.10. The van der Waals surface area contributed by atoms with E-state index in [0.29, 0.717) is 11.4 Å². The summed E-state index contributed by atoms with van der Waals surface area (Å²) in [5.74, 6) is 0.377. The van der Waals surface area contributed by atoms with Crippen LogP contribution < -0.4 is 0 Å².